The van der Waals surface area contributed by atoms with Crippen LogP contribution >= 0.6 is 11.6 Å². The molecule has 158 valence electrons. The summed E-state index contributed by atoms with van der Waals surface area (Å²) >= 11 is 6.46. The topological polar surface area (TPSA) is 12.0 Å². The lowest BCUT2D eigenvalue weighted by molar-refractivity contribution is 0.533. The zero-order chi connectivity index (χ0) is 20.0. The second-order valence-corrected chi connectivity index (χ2v) is 8.44. The van der Waals surface area contributed by atoms with Crippen molar-refractivity contribution in [2.45, 2.75) is 109 Å². The highest BCUT2D eigenvalue weighted by Crippen LogP contribution is 2.17. The number of rotatable bonds is 16. The Morgan fingerprint density at radius 3 is 1.56 bits per heavy atom. The van der Waals surface area contributed by atoms with Crippen LogP contribution < -0.4 is 5.32 Å². The predicted octanol–water partition coefficient (Wildman–Crippen LogP) is 8.15. The van der Waals surface area contributed by atoms with Crippen LogP contribution in [0.5, 0.6) is 0 Å². The van der Waals surface area contributed by atoms with E-state index in [-0.39, 0.29) is 0 Å². The SMILES string of the molecule is CCCCCCCCCCCCCCCC(Cl)Cc1ccccc1.CNC. The van der Waals surface area contributed by atoms with E-state index in [1.165, 1.54) is 89.0 Å². The molecule has 1 N–H and O–H groups in total. The van der Waals surface area contributed by atoms with E-state index in [9.17, 15) is 0 Å². The Hall–Kier alpha value is -0.530. The molecule has 0 radical (unpaired) electrons. The average Bonchev–Trinajstić information content (AvgIpc) is 2.67. The van der Waals surface area contributed by atoms with Crippen molar-refractivity contribution in [3.8, 4) is 0 Å². The fourth-order valence-electron chi connectivity index (χ4n) is 3.36. The van der Waals surface area contributed by atoms with Crippen molar-refractivity contribution in [3.05, 3.63) is 35.9 Å². The molecule has 1 aromatic carbocycles. The molecule has 0 bridgehead atoms. The molecule has 0 saturated heterocycles. The van der Waals surface area contributed by atoms with Gasteiger partial charge in [0.05, 0.1) is 0 Å². The molecular weight excluding hydrogens is 350 g/mol. The van der Waals surface area contributed by atoms with E-state index < -0.39 is 0 Å². The maximum atomic E-state index is 6.46. The van der Waals surface area contributed by atoms with E-state index in [4.69, 9.17) is 11.6 Å². The zero-order valence-electron chi connectivity index (χ0n) is 18.4. The number of unbranched alkanes of at least 4 members (excludes halogenated alkanes) is 12. The summed E-state index contributed by atoms with van der Waals surface area (Å²) in [5.41, 5.74) is 1.37. The van der Waals surface area contributed by atoms with Crippen molar-refractivity contribution in [2.24, 2.45) is 0 Å². The van der Waals surface area contributed by atoms with E-state index in [1.54, 1.807) is 0 Å². The first-order valence-electron chi connectivity index (χ1n) is 11.5. The summed E-state index contributed by atoms with van der Waals surface area (Å²) in [7, 11) is 3.75. The molecule has 1 atom stereocenters. The van der Waals surface area contributed by atoms with Gasteiger partial charge in [-0.1, -0.05) is 121 Å². The standard InChI is InChI=1S/C23H39Cl.C2H7N/c1-2-3-4-5-6-7-8-9-10-11-12-13-17-20-23(24)21-22-18-15-14-16-19-22;1-3-2/h14-16,18-19,23H,2-13,17,20-21H2,1H3;3H,1-2H3. The van der Waals surface area contributed by atoms with Crippen molar-refractivity contribution in [1.29, 1.82) is 0 Å². The second-order valence-electron chi connectivity index (χ2n) is 7.82. The summed E-state index contributed by atoms with van der Waals surface area (Å²) in [5, 5.41) is 3.06. The van der Waals surface area contributed by atoms with Crippen LogP contribution in [0.2, 0.25) is 0 Å². The largest absolute Gasteiger partial charge is 0.323 e. The van der Waals surface area contributed by atoms with Gasteiger partial charge in [0.1, 0.15) is 0 Å². The van der Waals surface area contributed by atoms with Crippen LogP contribution in [-0.4, -0.2) is 19.5 Å². The zero-order valence-corrected chi connectivity index (χ0v) is 19.2. The molecule has 0 saturated carbocycles. The minimum Gasteiger partial charge on any atom is -0.323 e. The summed E-state index contributed by atoms with van der Waals surface area (Å²) in [5.74, 6) is 0. The summed E-state index contributed by atoms with van der Waals surface area (Å²) in [6.07, 6.45) is 20.6. The molecule has 1 unspecified atom stereocenters. The molecule has 2 heteroatoms. The van der Waals surface area contributed by atoms with Crippen molar-refractivity contribution >= 4 is 11.6 Å². The molecule has 0 spiro atoms. The predicted molar refractivity (Wildman–Crippen MR) is 125 cm³/mol. The van der Waals surface area contributed by atoms with Gasteiger partial charge in [-0.2, -0.15) is 0 Å². The van der Waals surface area contributed by atoms with Gasteiger partial charge < -0.3 is 5.32 Å². The maximum Gasteiger partial charge on any atom is 0.0376 e. The number of benzene rings is 1. The molecule has 1 nitrogen and oxygen atoms in total. The van der Waals surface area contributed by atoms with E-state index in [2.05, 4.69) is 42.6 Å². The molecular formula is C25H46ClN. The highest BCUT2D eigenvalue weighted by atomic mass is 35.5. The number of nitrogens with one attached hydrogen (secondary N) is 1. The molecule has 0 aromatic heterocycles. The van der Waals surface area contributed by atoms with Gasteiger partial charge in [-0.25, -0.2) is 0 Å². The molecule has 1 aromatic rings. The number of alkyl halides is 1. The van der Waals surface area contributed by atoms with Gasteiger partial charge in [-0.3, -0.25) is 0 Å². The lowest BCUT2D eigenvalue weighted by atomic mass is 10.0. The first kappa shape index (κ1) is 26.5. The lowest BCUT2D eigenvalue weighted by Gasteiger charge is -2.09. The Labute approximate surface area is 175 Å². The third-order valence-corrected chi connectivity index (χ3v) is 5.29. The Balaban J connectivity index is 0.00000210. The van der Waals surface area contributed by atoms with E-state index in [0.717, 1.165) is 12.8 Å². The number of hydrogen-bond donors (Lipinski definition) is 1. The van der Waals surface area contributed by atoms with Crippen molar-refractivity contribution < 1.29 is 0 Å². The third-order valence-electron chi connectivity index (χ3n) is 4.92. The Morgan fingerprint density at radius 1 is 0.704 bits per heavy atom. The molecule has 0 heterocycles. The summed E-state index contributed by atoms with van der Waals surface area (Å²) in [6.45, 7) is 2.29. The Morgan fingerprint density at radius 2 is 1.11 bits per heavy atom. The van der Waals surface area contributed by atoms with Gasteiger partial charge in [-0.15, -0.1) is 11.6 Å². The van der Waals surface area contributed by atoms with Crippen LogP contribution in [0, 0.1) is 0 Å². The average molecular weight is 396 g/mol. The highest BCUT2D eigenvalue weighted by Gasteiger charge is 2.05. The first-order valence-corrected chi connectivity index (χ1v) is 11.9. The quantitative estimate of drug-likeness (QED) is 0.220. The van der Waals surface area contributed by atoms with Gasteiger partial charge >= 0.3 is 0 Å². The normalized spacial score (nSPS) is 11.7. The van der Waals surface area contributed by atoms with Gasteiger partial charge in [0.15, 0.2) is 0 Å². The smallest absolute Gasteiger partial charge is 0.0376 e. The lowest BCUT2D eigenvalue weighted by Crippen LogP contribution is -2.03. The minimum atomic E-state index is 0.306. The third kappa shape index (κ3) is 20.0. The Bertz CT molecular complexity index is 379. The summed E-state index contributed by atoms with van der Waals surface area (Å²) in [6, 6.07) is 10.6. The van der Waals surface area contributed by atoms with Crippen molar-refractivity contribution in [3.63, 3.8) is 0 Å². The van der Waals surface area contributed by atoms with Gasteiger partial charge in [0.25, 0.3) is 0 Å². The minimum absolute atomic E-state index is 0.306. The van der Waals surface area contributed by atoms with Gasteiger partial charge in [0.2, 0.25) is 0 Å². The first-order chi connectivity index (χ1) is 13.2. The molecule has 27 heavy (non-hydrogen) atoms. The molecule has 0 aliphatic rings. The van der Waals surface area contributed by atoms with Crippen molar-refractivity contribution in [1.82, 2.24) is 5.32 Å². The van der Waals surface area contributed by atoms with Crippen LogP contribution in [0.15, 0.2) is 30.3 Å². The molecule has 0 aliphatic carbocycles. The number of halogens is 1. The molecule has 1 rings (SSSR count). The van der Waals surface area contributed by atoms with E-state index in [0.29, 0.717) is 5.38 Å². The summed E-state index contributed by atoms with van der Waals surface area (Å²) < 4.78 is 0. The second kappa shape index (κ2) is 21.8. The van der Waals surface area contributed by atoms with Crippen LogP contribution in [-0.2, 0) is 6.42 Å². The fourth-order valence-corrected chi connectivity index (χ4v) is 3.69. The van der Waals surface area contributed by atoms with Crippen molar-refractivity contribution in [2.75, 3.05) is 14.1 Å². The monoisotopic (exact) mass is 395 g/mol. The molecule has 0 amide bonds. The van der Waals surface area contributed by atoms with Gasteiger partial charge in [-0.05, 0) is 32.5 Å². The number of hydrogen-bond acceptors (Lipinski definition) is 1. The van der Waals surface area contributed by atoms with Crippen LogP contribution in [0.3, 0.4) is 0 Å². The maximum absolute atomic E-state index is 6.46. The van der Waals surface area contributed by atoms with Crippen LogP contribution in [0.25, 0.3) is 0 Å². The molecule has 0 aliphatic heterocycles. The Kier molecular flexibility index (Phi) is 21.3. The van der Waals surface area contributed by atoms with E-state index >= 15 is 0 Å². The van der Waals surface area contributed by atoms with Crippen LogP contribution in [0.4, 0.5) is 0 Å². The molecule has 0 fully saturated rings. The fraction of sp³-hybridized carbons (Fsp3) is 0.760. The van der Waals surface area contributed by atoms with E-state index in [1.807, 2.05) is 14.1 Å². The van der Waals surface area contributed by atoms with Gasteiger partial charge in [0, 0.05) is 5.38 Å². The van der Waals surface area contributed by atoms with Crippen LogP contribution in [0.1, 0.15) is 102 Å². The summed E-state index contributed by atoms with van der Waals surface area (Å²) in [4.78, 5) is 0. The highest BCUT2D eigenvalue weighted by molar-refractivity contribution is 6.20.